The van der Waals surface area contributed by atoms with Crippen molar-refractivity contribution in [1.29, 1.82) is 0 Å². The summed E-state index contributed by atoms with van der Waals surface area (Å²) in [4.78, 5) is 34.7. The molecular formula is C29H26Cl2N4O2S. The van der Waals surface area contributed by atoms with Crippen LogP contribution in [0.15, 0.2) is 70.3 Å². The molecule has 1 saturated heterocycles. The lowest BCUT2D eigenvalue weighted by molar-refractivity contribution is 0.0735. The Kier molecular flexibility index (Phi) is 7.81. The molecule has 1 aliphatic rings. The molecule has 1 fully saturated rings. The molecule has 38 heavy (non-hydrogen) atoms. The SMILES string of the molecule is CC(C)=Cc1c(C(=O)N2CCNCC2)cc(-c2nc(-c3ccc(Cl)cc3)cs2)c(=O)n1-c1ccccc1Cl. The number of carbonyl (C=O) groups excluding carboxylic acids is 1. The van der Waals surface area contributed by atoms with Gasteiger partial charge in [-0.3, -0.25) is 14.2 Å². The molecule has 194 valence electrons. The molecule has 0 atom stereocenters. The molecule has 0 radical (unpaired) electrons. The molecule has 0 spiro atoms. The molecule has 0 bridgehead atoms. The number of allylic oxidation sites excluding steroid dienone is 1. The highest BCUT2D eigenvalue weighted by Gasteiger charge is 2.26. The first kappa shape index (κ1) is 26.4. The van der Waals surface area contributed by atoms with Crippen LogP contribution in [0.3, 0.4) is 0 Å². The van der Waals surface area contributed by atoms with E-state index in [1.165, 1.54) is 11.3 Å². The summed E-state index contributed by atoms with van der Waals surface area (Å²) in [7, 11) is 0. The van der Waals surface area contributed by atoms with Gasteiger partial charge in [-0.05, 0) is 50.3 Å². The van der Waals surface area contributed by atoms with Gasteiger partial charge in [0.2, 0.25) is 0 Å². The van der Waals surface area contributed by atoms with E-state index in [9.17, 15) is 9.59 Å². The van der Waals surface area contributed by atoms with Crippen LogP contribution < -0.4 is 10.9 Å². The summed E-state index contributed by atoms with van der Waals surface area (Å²) in [5.41, 5.74) is 4.08. The van der Waals surface area contributed by atoms with Crippen molar-refractivity contribution in [3.63, 3.8) is 0 Å². The number of benzene rings is 2. The van der Waals surface area contributed by atoms with Crippen LogP contribution in [0.2, 0.25) is 10.0 Å². The first-order valence-corrected chi connectivity index (χ1v) is 13.9. The first-order chi connectivity index (χ1) is 18.3. The quantitative estimate of drug-likeness (QED) is 0.304. The number of piperazine rings is 1. The number of amides is 1. The summed E-state index contributed by atoms with van der Waals surface area (Å²) >= 11 is 14.0. The third kappa shape index (κ3) is 5.33. The Bertz CT molecular complexity index is 1580. The number of pyridine rings is 1. The number of rotatable bonds is 5. The van der Waals surface area contributed by atoms with Crippen molar-refractivity contribution in [2.75, 3.05) is 26.2 Å². The lowest BCUT2D eigenvalue weighted by Gasteiger charge is -2.28. The Morgan fingerprint density at radius 2 is 1.76 bits per heavy atom. The van der Waals surface area contributed by atoms with Gasteiger partial charge in [0.1, 0.15) is 5.01 Å². The Morgan fingerprint density at radius 3 is 2.45 bits per heavy atom. The lowest BCUT2D eigenvalue weighted by atomic mass is 10.0. The summed E-state index contributed by atoms with van der Waals surface area (Å²) in [5, 5.41) is 6.77. The molecule has 0 saturated carbocycles. The molecule has 2 aromatic carbocycles. The maximum atomic E-state index is 14.2. The van der Waals surface area contributed by atoms with E-state index < -0.39 is 0 Å². The first-order valence-electron chi connectivity index (χ1n) is 12.2. The fourth-order valence-electron chi connectivity index (χ4n) is 4.43. The maximum Gasteiger partial charge on any atom is 0.265 e. The summed E-state index contributed by atoms with van der Waals surface area (Å²) in [6.07, 6.45) is 1.87. The highest BCUT2D eigenvalue weighted by atomic mass is 35.5. The van der Waals surface area contributed by atoms with E-state index in [0.717, 1.165) is 29.9 Å². The molecule has 1 amide bonds. The minimum absolute atomic E-state index is 0.129. The molecule has 4 aromatic rings. The van der Waals surface area contributed by atoms with E-state index in [1.807, 2.05) is 54.5 Å². The van der Waals surface area contributed by atoms with Gasteiger partial charge in [0.25, 0.3) is 11.5 Å². The van der Waals surface area contributed by atoms with Crippen molar-refractivity contribution in [1.82, 2.24) is 19.8 Å². The van der Waals surface area contributed by atoms with Gasteiger partial charge >= 0.3 is 0 Å². The van der Waals surface area contributed by atoms with Gasteiger partial charge in [0.15, 0.2) is 0 Å². The van der Waals surface area contributed by atoms with Crippen molar-refractivity contribution < 1.29 is 4.79 Å². The van der Waals surface area contributed by atoms with Crippen LogP contribution in [0.4, 0.5) is 0 Å². The smallest absolute Gasteiger partial charge is 0.265 e. The second kappa shape index (κ2) is 11.3. The monoisotopic (exact) mass is 564 g/mol. The zero-order valence-corrected chi connectivity index (χ0v) is 23.3. The van der Waals surface area contributed by atoms with E-state index in [2.05, 4.69) is 5.32 Å². The van der Waals surface area contributed by atoms with Crippen molar-refractivity contribution in [2.24, 2.45) is 0 Å². The topological polar surface area (TPSA) is 67.2 Å². The van der Waals surface area contributed by atoms with Gasteiger partial charge in [0.05, 0.1) is 33.2 Å². The van der Waals surface area contributed by atoms with Crippen LogP contribution in [0.5, 0.6) is 0 Å². The van der Waals surface area contributed by atoms with Crippen LogP contribution in [-0.4, -0.2) is 46.5 Å². The fraction of sp³-hybridized carbons (Fsp3) is 0.207. The third-order valence-corrected chi connectivity index (χ3v) is 7.71. The minimum atomic E-state index is -0.292. The van der Waals surface area contributed by atoms with E-state index in [1.54, 1.807) is 34.9 Å². The molecule has 0 aliphatic carbocycles. The van der Waals surface area contributed by atoms with Gasteiger partial charge in [-0.25, -0.2) is 4.98 Å². The predicted octanol–water partition coefficient (Wildman–Crippen LogP) is 6.40. The van der Waals surface area contributed by atoms with Crippen LogP contribution in [-0.2, 0) is 0 Å². The Morgan fingerprint density at radius 1 is 1.05 bits per heavy atom. The molecule has 3 heterocycles. The van der Waals surface area contributed by atoms with Crippen molar-refractivity contribution in [3.05, 3.63) is 97.2 Å². The van der Waals surface area contributed by atoms with Crippen molar-refractivity contribution >= 4 is 46.5 Å². The minimum Gasteiger partial charge on any atom is -0.336 e. The zero-order chi connectivity index (χ0) is 26.8. The van der Waals surface area contributed by atoms with Crippen molar-refractivity contribution in [3.8, 4) is 27.5 Å². The number of aromatic nitrogens is 2. The second-order valence-corrected chi connectivity index (χ2v) is 11.0. The molecule has 0 unspecified atom stereocenters. The highest BCUT2D eigenvalue weighted by molar-refractivity contribution is 7.13. The molecule has 1 aliphatic heterocycles. The number of nitrogens with zero attached hydrogens (tertiary/aromatic N) is 3. The maximum absolute atomic E-state index is 14.2. The van der Waals surface area contributed by atoms with E-state index in [-0.39, 0.29) is 11.5 Å². The van der Waals surface area contributed by atoms with E-state index in [4.69, 9.17) is 28.2 Å². The lowest BCUT2D eigenvalue weighted by Crippen LogP contribution is -2.47. The molecule has 1 N–H and O–H groups in total. The number of para-hydroxylation sites is 1. The Balaban J connectivity index is 1.76. The standard InChI is InChI=1S/C29H26Cl2N4O2S/c1-18(2)15-26-21(28(36)34-13-11-32-12-14-34)16-22(29(37)35(26)25-6-4-3-5-23(25)31)27-33-24(17-38-27)19-7-9-20(30)10-8-19/h3-10,15-17,32H,11-14H2,1-2H3. The van der Waals surface area contributed by atoms with Gasteiger partial charge in [-0.2, -0.15) is 0 Å². The van der Waals surface area contributed by atoms with Crippen LogP contribution >= 0.6 is 34.5 Å². The average Bonchev–Trinajstić information content (AvgIpc) is 3.40. The van der Waals surface area contributed by atoms with Gasteiger partial charge in [-0.1, -0.05) is 53.0 Å². The Labute approximate surface area is 235 Å². The number of carbonyl (C=O) groups is 1. The van der Waals surface area contributed by atoms with Gasteiger partial charge < -0.3 is 10.2 Å². The van der Waals surface area contributed by atoms with Gasteiger partial charge in [0, 0.05) is 42.1 Å². The van der Waals surface area contributed by atoms with Crippen LogP contribution in [0, 0.1) is 0 Å². The summed E-state index contributed by atoms with van der Waals surface area (Å²) in [5.74, 6) is -0.129. The Hall–Kier alpha value is -3.23. The van der Waals surface area contributed by atoms with Crippen molar-refractivity contribution in [2.45, 2.75) is 13.8 Å². The number of nitrogens with one attached hydrogen (secondary N) is 1. The average molecular weight is 566 g/mol. The third-order valence-electron chi connectivity index (χ3n) is 6.27. The largest absolute Gasteiger partial charge is 0.336 e. The van der Waals surface area contributed by atoms with Crippen LogP contribution in [0.1, 0.15) is 29.9 Å². The molecule has 2 aromatic heterocycles. The molecule has 9 heteroatoms. The van der Waals surface area contributed by atoms with Crippen LogP contribution in [0.25, 0.3) is 33.6 Å². The number of halogens is 2. The molecule has 5 rings (SSSR count). The number of thiazole rings is 1. The fourth-order valence-corrected chi connectivity index (χ4v) is 5.61. The summed E-state index contributed by atoms with van der Waals surface area (Å²) in [6, 6.07) is 16.2. The zero-order valence-electron chi connectivity index (χ0n) is 21.0. The predicted molar refractivity (Wildman–Crippen MR) is 157 cm³/mol. The van der Waals surface area contributed by atoms with Gasteiger partial charge in [-0.15, -0.1) is 11.3 Å². The molecule has 6 nitrogen and oxygen atoms in total. The summed E-state index contributed by atoms with van der Waals surface area (Å²) < 4.78 is 1.55. The van der Waals surface area contributed by atoms with E-state index >= 15 is 0 Å². The second-order valence-electron chi connectivity index (χ2n) is 9.26. The molecular weight excluding hydrogens is 539 g/mol. The van der Waals surface area contributed by atoms with E-state index in [0.29, 0.717) is 50.7 Å². The number of hydrogen-bond donors (Lipinski definition) is 1. The number of hydrogen-bond acceptors (Lipinski definition) is 5. The summed E-state index contributed by atoms with van der Waals surface area (Å²) in [6.45, 7) is 6.49. The normalized spacial score (nSPS) is 13.4. The highest BCUT2D eigenvalue weighted by Crippen LogP contribution is 2.31.